The fraction of sp³-hybridized carbons (Fsp3) is 1.00. The minimum atomic E-state index is -1.43. The summed E-state index contributed by atoms with van der Waals surface area (Å²) in [5.41, 5.74) is 0. The summed E-state index contributed by atoms with van der Waals surface area (Å²) < 4.78 is 18.1. The molecular weight excluding hydrogens is 329 g/mol. The van der Waals surface area contributed by atoms with E-state index in [0.29, 0.717) is 6.61 Å². The molecule has 1 unspecified atom stereocenters. The second kappa shape index (κ2) is 17.4. The van der Waals surface area contributed by atoms with Gasteiger partial charge in [0.05, 0.1) is 21.1 Å². The fourth-order valence-electron chi connectivity index (χ4n) is 2.92. The Balaban J connectivity index is 3.17. The number of unbranched alkanes of at least 4 members (excludes halogenated alkanes) is 13. The first-order valence-corrected chi connectivity index (χ1v) is 12.2. The van der Waals surface area contributed by atoms with Gasteiger partial charge in [0.15, 0.2) is 12.8 Å². The van der Waals surface area contributed by atoms with E-state index in [4.69, 9.17) is 4.52 Å². The van der Waals surface area contributed by atoms with E-state index >= 15 is 0 Å². The minimum Gasteiger partial charge on any atom is -0.329 e. The summed E-state index contributed by atoms with van der Waals surface area (Å²) in [4.78, 5) is 0. The third-order valence-corrected chi connectivity index (χ3v) is 5.84. The average molecular weight is 376 g/mol. The standard InChI is InChI=1S/C21H46NO2P/c1-5-6-7-8-9-10-11-12-13-14-15-16-17-18-21-25(23)24-20-19-22(2,3)4/h5-21H2,1-4H3/q+2. The van der Waals surface area contributed by atoms with Crippen molar-refractivity contribution in [2.24, 2.45) is 0 Å². The van der Waals surface area contributed by atoms with Crippen LogP contribution in [0, 0.1) is 0 Å². The van der Waals surface area contributed by atoms with E-state index in [1.54, 1.807) is 0 Å². The highest BCUT2D eigenvalue weighted by Crippen LogP contribution is 2.24. The second-order valence-corrected chi connectivity index (χ2v) is 9.87. The van der Waals surface area contributed by atoms with Crippen LogP contribution in [0.1, 0.15) is 96.8 Å². The van der Waals surface area contributed by atoms with Crippen LogP contribution in [0.3, 0.4) is 0 Å². The Morgan fingerprint density at radius 2 is 1.08 bits per heavy atom. The van der Waals surface area contributed by atoms with Crippen molar-refractivity contribution in [3.05, 3.63) is 0 Å². The molecule has 0 saturated carbocycles. The molecule has 0 heterocycles. The molecule has 3 nitrogen and oxygen atoms in total. The maximum atomic E-state index is 11.8. The van der Waals surface area contributed by atoms with Crippen LogP contribution in [0.5, 0.6) is 0 Å². The number of hydrogen-bond acceptors (Lipinski definition) is 2. The van der Waals surface area contributed by atoms with Crippen molar-refractivity contribution in [2.75, 3.05) is 40.5 Å². The van der Waals surface area contributed by atoms with E-state index in [-0.39, 0.29) is 0 Å². The lowest BCUT2D eigenvalue weighted by molar-refractivity contribution is -0.870. The van der Waals surface area contributed by atoms with Crippen molar-refractivity contribution in [3.8, 4) is 0 Å². The zero-order valence-electron chi connectivity index (χ0n) is 17.7. The Morgan fingerprint density at radius 1 is 0.680 bits per heavy atom. The SMILES string of the molecule is CCCCCCCCCCCCCCCC[P+](=O)OCC[N+](C)(C)C. The summed E-state index contributed by atoms with van der Waals surface area (Å²) in [6.45, 7) is 3.80. The van der Waals surface area contributed by atoms with E-state index in [1.807, 2.05) is 0 Å². The van der Waals surface area contributed by atoms with Gasteiger partial charge in [-0.1, -0.05) is 84.0 Å². The van der Waals surface area contributed by atoms with E-state index in [1.165, 1.54) is 83.5 Å². The maximum Gasteiger partial charge on any atom is 0.508 e. The first kappa shape index (κ1) is 25.0. The van der Waals surface area contributed by atoms with Crippen LogP contribution in [0.15, 0.2) is 0 Å². The Kier molecular flexibility index (Phi) is 17.4. The molecule has 0 spiro atoms. The van der Waals surface area contributed by atoms with Gasteiger partial charge in [-0.2, -0.15) is 0 Å². The van der Waals surface area contributed by atoms with Crippen molar-refractivity contribution in [2.45, 2.75) is 96.8 Å². The molecule has 4 heteroatoms. The number of rotatable bonds is 19. The van der Waals surface area contributed by atoms with Crippen molar-refractivity contribution in [1.29, 1.82) is 0 Å². The highest BCUT2D eigenvalue weighted by atomic mass is 31.1. The normalized spacial score (nSPS) is 12.6. The lowest BCUT2D eigenvalue weighted by atomic mass is 10.0. The van der Waals surface area contributed by atoms with E-state index in [9.17, 15) is 4.57 Å². The molecule has 0 aliphatic rings. The van der Waals surface area contributed by atoms with Crippen LogP contribution in [-0.2, 0) is 9.09 Å². The molecule has 0 amide bonds. The molecular formula is C21H46NO2P+2. The predicted octanol–water partition coefficient (Wildman–Crippen LogP) is 6.93. The molecule has 150 valence electrons. The first-order chi connectivity index (χ1) is 12.0. The first-order valence-electron chi connectivity index (χ1n) is 10.8. The molecule has 0 aliphatic carbocycles. The van der Waals surface area contributed by atoms with Gasteiger partial charge in [0.2, 0.25) is 0 Å². The molecule has 0 bridgehead atoms. The third kappa shape index (κ3) is 22.0. The van der Waals surface area contributed by atoms with Gasteiger partial charge in [0.1, 0.15) is 6.54 Å². The summed E-state index contributed by atoms with van der Waals surface area (Å²) in [5.74, 6) is 0. The number of likely N-dealkylation sites (N-methyl/N-ethyl adjacent to an activating group) is 1. The van der Waals surface area contributed by atoms with Gasteiger partial charge in [-0.15, -0.1) is 4.52 Å². The quantitative estimate of drug-likeness (QED) is 0.139. The molecule has 0 rings (SSSR count). The molecule has 0 saturated heterocycles. The van der Waals surface area contributed by atoms with Gasteiger partial charge in [-0.05, 0) is 17.4 Å². The van der Waals surface area contributed by atoms with Crippen LogP contribution in [-0.4, -0.2) is 44.9 Å². The monoisotopic (exact) mass is 375 g/mol. The Bertz CT molecular complexity index is 303. The van der Waals surface area contributed by atoms with Crippen LogP contribution < -0.4 is 0 Å². The summed E-state index contributed by atoms with van der Waals surface area (Å²) in [7, 11) is 4.95. The summed E-state index contributed by atoms with van der Waals surface area (Å²) in [6, 6.07) is 0. The minimum absolute atomic E-state index is 0.608. The fourth-order valence-corrected chi connectivity index (χ4v) is 3.81. The average Bonchev–Trinajstić information content (AvgIpc) is 2.54. The number of hydrogen-bond donors (Lipinski definition) is 0. The predicted molar refractivity (Wildman–Crippen MR) is 112 cm³/mol. The number of nitrogens with zero attached hydrogens (tertiary/aromatic N) is 1. The largest absolute Gasteiger partial charge is 0.508 e. The van der Waals surface area contributed by atoms with Gasteiger partial charge in [-0.3, -0.25) is 0 Å². The maximum absolute atomic E-state index is 11.8. The van der Waals surface area contributed by atoms with Crippen molar-refractivity contribution in [3.63, 3.8) is 0 Å². The highest BCUT2D eigenvalue weighted by Gasteiger charge is 2.18. The van der Waals surface area contributed by atoms with Crippen molar-refractivity contribution >= 4 is 8.03 Å². The molecule has 0 N–H and O–H groups in total. The molecule has 0 aliphatic heterocycles. The van der Waals surface area contributed by atoms with Crippen molar-refractivity contribution in [1.82, 2.24) is 0 Å². The van der Waals surface area contributed by atoms with Gasteiger partial charge in [0, 0.05) is 0 Å². The van der Waals surface area contributed by atoms with Gasteiger partial charge in [0.25, 0.3) is 0 Å². The molecule has 0 radical (unpaired) electrons. The summed E-state index contributed by atoms with van der Waals surface area (Å²) >= 11 is 0. The molecule has 1 atom stereocenters. The highest BCUT2D eigenvalue weighted by molar-refractivity contribution is 7.39. The van der Waals surface area contributed by atoms with E-state index < -0.39 is 8.03 Å². The third-order valence-electron chi connectivity index (χ3n) is 4.69. The Labute approximate surface area is 159 Å². The van der Waals surface area contributed by atoms with E-state index in [2.05, 4.69) is 28.1 Å². The Morgan fingerprint density at radius 3 is 1.48 bits per heavy atom. The van der Waals surface area contributed by atoms with Crippen LogP contribution in [0.25, 0.3) is 0 Å². The molecule has 0 aromatic rings. The molecule has 0 aromatic heterocycles. The topological polar surface area (TPSA) is 26.3 Å². The number of quaternary nitrogens is 1. The molecule has 25 heavy (non-hydrogen) atoms. The lowest BCUT2D eigenvalue weighted by Crippen LogP contribution is -2.37. The van der Waals surface area contributed by atoms with E-state index in [0.717, 1.165) is 23.6 Å². The van der Waals surface area contributed by atoms with Crippen LogP contribution in [0.4, 0.5) is 0 Å². The molecule has 0 aromatic carbocycles. The second-order valence-electron chi connectivity index (χ2n) is 8.50. The van der Waals surface area contributed by atoms with Crippen LogP contribution in [0.2, 0.25) is 0 Å². The smallest absolute Gasteiger partial charge is 0.329 e. The zero-order chi connectivity index (χ0) is 18.8. The van der Waals surface area contributed by atoms with Gasteiger partial charge in [-0.25, -0.2) is 0 Å². The summed E-state index contributed by atoms with van der Waals surface area (Å²) in [5, 5.41) is 0. The van der Waals surface area contributed by atoms with Gasteiger partial charge < -0.3 is 4.48 Å². The zero-order valence-corrected chi connectivity index (χ0v) is 18.6. The Hall–Kier alpha value is 0.0200. The summed E-state index contributed by atoms with van der Waals surface area (Å²) in [6.07, 6.45) is 19.8. The van der Waals surface area contributed by atoms with Crippen LogP contribution >= 0.6 is 8.03 Å². The molecule has 0 fully saturated rings. The van der Waals surface area contributed by atoms with Crippen molar-refractivity contribution < 1.29 is 13.6 Å². The lowest BCUT2D eigenvalue weighted by Gasteiger charge is -2.21. The van der Waals surface area contributed by atoms with Gasteiger partial charge >= 0.3 is 8.03 Å².